The predicted molar refractivity (Wildman–Crippen MR) is 121 cm³/mol. The van der Waals surface area contributed by atoms with E-state index < -0.39 is 5.91 Å². The zero-order chi connectivity index (χ0) is 22.7. The lowest BCUT2D eigenvalue weighted by Crippen LogP contribution is -2.13. The molecule has 0 unspecified atom stereocenters. The molecule has 0 radical (unpaired) electrons. The molecule has 32 heavy (non-hydrogen) atoms. The fourth-order valence-electron chi connectivity index (χ4n) is 3.53. The minimum Gasteiger partial charge on any atom is -0.493 e. The maximum atomic E-state index is 12.0. The Morgan fingerprint density at radius 1 is 0.906 bits per heavy atom. The van der Waals surface area contributed by atoms with Gasteiger partial charge in [0, 0.05) is 48.3 Å². The molecule has 2 aromatic carbocycles. The minimum atomic E-state index is -0.508. The number of carbonyl (C=O) groups is 1. The highest BCUT2D eigenvalue weighted by molar-refractivity contribution is 6.05. The van der Waals surface area contributed by atoms with Crippen molar-refractivity contribution in [2.24, 2.45) is 5.73 Å². The summed E-state index contributed by atoms with van der Waals surface area (Å²) in [4.78, 5) is 21.0. The third kappa shape index (κ3) is 4.13. The fraction of sp³-hybridized carbons (Fsp3) is 0.208. The van der Waals surface area contributed by atoms with Gasteiger partial charge in [0.15, 0.2) is 11.5 Å². The van der Waals surface area contributed by atoms with Crippen molar-refractivity contribution in [3.8, 4) is 23.0 Å². The van der Waals surface area contributed by atoms with Gasteiger partial charge >= 0.3 is 0 Å². The first kappa shape index (κ1) is 21.3. The normalized spacial score (nSPS) is 11.0. The van der Waals surface area contributed by atoms with Crippen molar-refractivity contribution < 1.29 is 23.7 Å². The average Bonchev–Trinajstić information content (AvgIpc) is 2.81. The second-order valence-corrected chi connectivity index (χ2v) is 7.08. The van der Waals surface area contributed by atoms with Crippen molar-refractivity contribution in [3.63, 3.8) is 0 Å². The molecule has 4 rings (SSSR count). The number of nitrogens with two attached hydrogens (primary N) is 1. The van der Waals surface area contributed by atoms with E-state index in [0.717, 1.165) is 11.1 Å². The molecule has 0 spiro atoms. The van der Waals surface area contributed by atoms with Gasteiger partial charge in [-0.2, -0.15) is 0 Å². The molecule has 0 bridgehead atoms. The van der Waals surface area contributed by atoms with Crippen LogP contribution in [0.2, 0.25) is 0 Å². The quantitative estimate of drug-likeness (QED) is 0.449. The average molecular weight is 433 g/mol. The summed E-state index contributed by atoms with van der Waals surface area (Å²) in [6.07, 6.45) is 2.23. The van der Waals surface area contributed by atoms with Gasteiger partial charge in [0.1, 0.15) is 11.5 Å². The van der Waals surface area contributed by atoms with Crippen LogP contribution in [0.4, 0.5) is 0 Å². The highest BCUT2D eigenvalue weighted by Gasteiger charge is 2.14. The van der Waals surface area contributed by atoms with Crippen LogP contribution in [0.25, 0.3) is 21.8 Å². The molecule has 2 heterocycles. The molecule has 4 aromatic rings. The number of carbonyl (C=O) groups excluding carboxylic acids is 1. The highest BCUT2D eigenvalue weighted by Crippen LogP contribution is 2.37. The van der Waals surface area contributed by atoms with Gasteiger partial charge in [-0.05, 0) is 30.3 Å². The van der Waals surface area contributed by atoms with E-state index in [9.17, 15) is 4.79 Å². The summed E-state index contributed by atoms with van der Waals surface area (Å²) in [5, 5.41) is 1.43. The van der Waals surface area contributed by atoms with Gasteiger partial charge in [-0.3, -0.25) is 14.8 Å². The lowest BCUT2D eigenvalue weighted by Gasteiger charge is -2.13. The SMILES string of the molecule is COCCc1cc(C(N)=O)c2ccc(Oc3ccnc4cc(OC)c(OC)cc34)cc2n1. The first-order valence-electron chi connectivity index (χ1n) is 9.95. The molecule has 164 valence electrons. The molecule has 0 atom stereocenters. The van der Waals surface area contributed by atoms with Crippen LogP contribution in [-0.4, -0.2) is 43.8 Å². The highest BCUT2D eigenvalue weighted by atomic mass is 16.5. The molecule has 8 nitrogen and oxygen atoms in total. The summed E-state index contributed by atoms with van der Waals surface area (Å²) in [7, 11) is 4.77. The number of ether oxygens (including phenoxy) is 4. The molecular weight excluding hydrogens is 410 g/mol. The van der Waals surface area contributed by atoms with Gasteiger partial charge in [0.25, 0.3) is 0 Å². The predicted octanol–water partition coefficient (Wildman–Crippen LogP) is 3.88. The topological polar surface area (TPSA) is 106 Å². The Kier molecular flexibility index (Phi) is 6.04. The number of pyridine rings is 2. The van der Waals surface area contributed by atoms with Crippen LogP contribution >= 0.6 is 0 Å². The number of amides is 1. The second-order valence-electron chi connectivity index (χ2n) is 7.08. The summed E-state index contributed by atoms with van der Waals surface area (Å²) in [5.41, 5.74) is 8.05. The standard InChI is InChI=1S/C24H23N3O5/c1-29-9-7-14-10-17(24(25)28)16-5-4-15(11-20(16)27-14)32-21-6-8-26-19-13-23(31-3)22(30-2)12-18(19)21/h4-6,8,10-13H,7,9H2,1-3H3,(H2,25,28). The van der Waals surface area contributed by atoms with Crippen LogP contribution in [-0.2, 0) is 11.2 Å². The van der Waals surface area contributed by atoms with E-state index in [0.29, 0.717) is 58.0 Å². The third-order valence-corrected chi connectivity index (χ3v) is 5.10. The summed E-state index contributed by atoms with van der Waals surface area (Å²) in [6.45, 7) is 0.487. The zero-order valence-corrected chi connectivity index (χ0v) is 18.0. The molecular formula is C24H23N3O5. The molecule has 0 fully saturated rings. The van der Waals surface area contributed by atoms with Gasteiger partial charge in [-0.15, -0.1) is 0 Å². The number of nitrogens with zero attached hydrogens (tertiary/aromatic N) is 2. The molecule has 1 amide bonds. The Hall–Kier alpha value is -3.91. The molecule has 0 saturated heterocycles. The Morgan fingerprint density at radius 2 is 1.69 bits per heavy atom. The number of hydrogen-bond donors (Lipinski definition) is 1. The summed E-state index contributed by atoms with van der Waals surface area (Å²) in [6, 6.07) is 12.4. The maximum Gasteiger partial charge on any atom is 0.249 e. The third-order valence-electron chi connectivity index (χ3n) is 5.10. The van der Waals surface area contributed by atoms with Gasteiger partial charge in [-0.25, -0.2) is 0 Å². The van der Waals surface area contributed by atoms with Crippen molar-refractivity contribution in [2.45, 2.75) is 6.42 Å². The first-order chi connectivity index (χ1) is 15.5. The molecule has 8 heteroatoms. The van der Waals surface area contributed by atoms with Crippen LogP contribution in [0.3, 0.4) is 0 Å². The minimum absolute atomic E-state index is 0.416. The summed E-state index contributed by atoms with van der Waals surface area (Å²) in [5.74, 6) is 1.81. The number of methoxy groups -OCH3 is 3. The largest absolute Gasteiger partial charge is 0.493 e. The van der Waals surface area contributed by atoms with E-state index in [1.54, 1.807) is 63.9 Å². The van der Waals surface area contributed by atoms with E-state index in [1.807, 2.05) is 6.07 Å². The van der Waals surface area contributed by atoms with E-state index >= 15 is 0 Å². The first-order valence-corrected chi connectivity index (χ1v) is 9.95. The maximum absolute atomic E-state index is 12.0. The van der Waals surface area contributed by atoms with Crippen molar-refractivity contribution in [3.05, 3.63) is 59.9 Å². The van der Waals surface area contributed by atoms with Crippen LogP contribution in [0.15, 0.2) is 48.7 Å². The van der Waals surface area contributed by atoms with Gasteiger partial charge in [0.2, 0.25) is 5.91 Å². The zero-order valence-electron chi connectivity index (χ0n) is 18.0. The van der Waals surface area contributed by atoms with Crippen LogP contribution in [0, 0.1) is 0 Å². The second kappa shape index (κ2) is 9.07. The molecule has 0 aliphatic carbocycles. The molecule has 0 aliphatic heterocycles. The van der Waals surface area contributed by atoms with E-state index in [1.165, 1.54) is 0 Å². The Balaban J connectivity index is 1.77. The van der Waals surface area contributed by atoms with Gasteiger partial charge < -0.3 is 24.7 Å². The molecule has 0 aliphatic rings. The number of benzene rings is 2. The van der Waals surface area contributed by atoms with Gasteiger partial charge in [-0.1, -0.05) is 0 Å². The van der Waals surface area contributed by atoms with Crippen LogP contribution in [0.5, 0.6) is 23.0 Å². The summed E-state index contributed by atoms with van der Waals surface area (Å²) < 4.78 is 22.1. The number of primary amides is 1. The van der Waals surface area contributed by atoms with Crippen LogP contribution < -0.4 is 19.9 Å². The molecule has 2 N–H and O–H groups in total. The summed E-state index contributed by atoms with van der Waals surface area (Å²) >= 11 is 0. The van der Waals surface area contributed by atoms with Crippen molar-refractivity contribution >= 4 is 27.7 Å². The molecule has 2 aromatic heterocycles. The molecule has 0 saturated carbocycles. The lowest BCUT2D eigenvalue weighted by atomic mass is 10.1. The lowest BCUT2D eigenvalue weighted by molar-refractivity contribution is 0.100. The number of rotatable bonds is 8. The van der Waals surface area contributed by atoms with Gasteiger partial charge in [0.05, 0.1) is 37.4 Å². The Labute approximate surface area is 184 Å². The number of fused-ring (bicyclic) bond motifs is 2. The van der Waals surface area contributed by atoms with E-state index in [-0.39, 0.29) is 0 Å². The van der Waals surface area contributed by atoms with E-state index in [2.05, 4.69) is 9.97 Å². The number of aromatic nitrogens is 2. The fourth-order valence-corrected chi connectivity index (χ4v) is 3.53. The Morgan fingerprint density at radius 3 is 2.41 bits per heavy atom. The smallest absolute Gasteiger partial charge is 0.249 e. The monoisotopic (exact) mass is 433 g/mol. The number of hydrogen-bond acceptors (Lipinski definition) is 7. The van der Waals surface area contributed by atoms with Crippen molar-refractivity contribution in [2.75, 3.05) is 27.9 Å². The van der Waals surface area contributed by atoms with Crippen molar-refractivity contribution in [1.29, 1.82) is 0 Å². The van der Waals surface area contributed by atoms with Crippen LogP contribution in [0.1, 0.15) is 16.1 Å². The van der Waals surface area contributed by atoms with Crippen molar-refractivity contribution in [1.82, 2.24) is 9.97 Å². The Bertz CT molecular complexity index is 1310. The van der Waals surface area contributed by atoms with E-state index in [4.69, 9.17) is 24.7 Å².